The second-order valence-electron chi connectivity index (χ2n) is 7.45. The molecule has 1 N–H and O–H groups in total. The third-order valence-corrected chi connectivity index (χ3v) is 5.29. The van der Waals surface area contributed by atoms with Crippen molar-refractivity contribution in [2.24, 2.45) is 5.92 Å². The van der Waals surface area contributed by atoms with Crippen LogP contribution < -0.4 is 10.2 Å². The summed E-state index contributed by atoms with van der Waals surface area (Å²) in [6.45, 7) is 5.85. The van der Waals surface area contributed by atoms with E-state index in [2.05, 4.69) is 46.4 Å². The molecule has 0 atom stereocenters. The number of nitrogens with one attached hydrogen (secondary N) is 1. The highest BCUT2D eigenvalue weighted by Gasteiger charge is 2.23. The summed E-state index contributed by atoms with van der Waals surface area (Å²) in [5.74, 6) is 0.768. The third kappa shape index (κ3) is 4.86. The molecule has 0 aliphatic carbocycles. The first-order chi connectivity index (χ1) is 13.1. The number of pyridine rings is 1. The van der Waals surface area contributed by atoms with Gasteiger partial charge in [0.15, 0.2) is 0 Å². The minimum atomic E-state index is 0.0937. The van der Waals surface area contributed by atoms with Crippen molar-refractivity contribution in [1.82, 2.24) is 15.2 Å². The van der Waals surface area contributed by atoms with Crippen molar-refractivity contribution in [2.45, 2.75) is 19.8 Å². The Hall–Kier alpha value is -2.40. The number of hydrogen-bond acceptors (Lipinski definition) is 4. The SMILES string of the molecule is CCNCC1CCN(C(=O)c2cncc(-c3ccc(N(C)C)cc3)c2)CC1. The molecule has 0 spiro atoms. The minimum absolute atomic E-state index is 0.0937. The van der Waals surface area contributed by atoms with Gasteiger partial charge in [0.05, 0.1) is 5.56 Å². The molecular formula is C22H30N4O. The smallest absolute Gasteiger partial charge is 0.255 e. The molecule has 1 aliphatic rings. The van der Waals surface area contributed by atoms with Crippen molar-refractivity contribution in [3.05, 3.63) is 48.3 Å². The summed E-state index contributed by atoms with van der Waals surface area (Å²) in [6.07, 6.45) is 5.64. The van der Waals surface area contributed by atoms with Crippen molar-refractivity contribution in [3.8, 4) is 11.1 Å². The van der Waals surface area contributed by atoms with Crippen LogP contribution in [0.2, 0.25) is 0 Å². The van der Waals surface area contributed by atoms with Crippen LogP contribution in [0.25, 0.3) is 11.1 Å². The first kappa shape index (κ1) is 19.4. The van der Waals surface area contributed by atoms with Crippen LogP contribution in [0.15, 0.2) is 42.7 Å². The van der Waals surface area contributed by atoms with Gasteiger partial charge in [0.1, 0.15) is 0 Å². The largest absolute Gasteiger partial charge is 0.378 e. The molecule has 3 rings (SSSR count). The van der Waals surface area contributed by atoms with Crippen LogP contribution in [0.3, 0.4) is 0 Å². The molecule has 0 bridgehead atoms. The molecule has 1 aliphatic heterocycles. The Morgan fingerprint density at radius 3 is 2.48 bits per heavy atom. The number of carbonyl (C=O) groups excluding carboxylic acids is 1. The first-order valence-electron chi connectivity index (χ1n) is 9.81. The summed E-state index contributed by atoms with van der Waals surface area (Å²) in [6, 6.07) is 10.3. The van der Waals surface area contributed by atoms with Crippen molar-refractivity contribution in [3.63, 3.8) is 0 Å². The van der Waals surface area contributed by atoms with Gasteiger partial charge in [-0.25, -0.2) is 0 Å². The molecule has 144 valence electrons. The molecule has 0 unspecified atom stereocenters. The Morgan fingerprint density at radius 1 is 1.15 bits per heavy atom. The van der Waals surface area contributed by atoms with Gasteiger partial charge in [-0.05, 0) is 55.6 Å². The van der Waals surface area contributed by atoms with Crippen molar-refractivity contribution in [2.75, 3.05) is 45.2 Å². The van der Waals surface area contributed by atoms with E-state index < -0.39 is 0 Å². The molecule has 0 saturated carbocycles. The van der Waals surface area contributed by atoms with E-state index in [9.17, 15) is 4.79 Å². The van der Waals surface area contributed by atoms with E-state index in [1.165, 1.54) is 0 Å². The molecule has 1 amide bonds. The van der Waals surface area contributed by atoms with E-state index in [-0.39, 0.29) is 5.91 Å². The number of carbonyl (C=O) groups is 1. The van der Waals surface area contributed by atoms with Gasteiger partial charge in [-0.2, -0.15) is 0 Å². The topological polar surface area (TPSA) is 48.5 Å². The summed E-state index contributed by atoms with van der Waals surface area (Å²) in [5, 5.41) is 3.41. The standard InChI is InChI=1S/C22H30N4O/c1-4-23-14-17-9-11-26(12-10-17)22(27)20-13-19(15-24-16-20)18-5-7-21(8-6-18)25(2)3/h5-8,13,15-17,23H,4,9-12,14H2,1-3H3. The van der Waals surface area contributed by atoms with Gasteiger partial charge in [0.2, 0.25) is 0 Å². The average Bonchev–Trinajstić information content (AvgIpc) is 2.72. The normalized spacial score (nSPS) is 15.0. The van der Waals surface area contributed by atoms with Crippen LogP contribution in [0.4, 0.5) is 5.69 Å². The average molecular weight is 367 g/mol. The summed E-state index contributed by atoms with van der Waals surface area (Å²) in [7, 11) is 4.05. The van der Waals surface area contributed by atoms with Gasteiger partial charge in [-0.3, -0.25) is 9.78 Å². The van der Waals surface area contributed by atoms with Gasteiger partial charge < -0.3 is 15.1 Å². The van der Waals surface area contributed by atoms with Crippen LogP contribution in [-0.4, -0.2) is 56.1 Å². The Balaban J connectivity index is 1.67. The zero-order valence-corrected chi connectivity index (χ0v) is 16.6. The number of benzene rings is 1. The van der Waals surface area contributed by atoms with Gasteiger partial charge in [0.25, 0.3) is 5.91 Å². The summed E-state index contributed by atoms with van der Waals surface area (Å²) in [4.78, 5) is 21.3. The zero-order chi connectivity index (χ0) is 19.2. The first-order valence-corrected chi connectivity index (χ1v) is 9.81. The molecule has 1 saturated heterocycles. The molecule has 2 aromatic rings. The van der Waals surface area contributed by atoms with E-state index in [0.717, 1.165) is 55.8 Å². The second-order valence-corrected chi connectivity index (χ2v) is 7.45. The summed E-state index contributed by atoms with van der Waals surface area (Å²) >= 11 is 0. The van der Waals surface area contributed by atoms with Crippen LogP contribution >= 0.6 is 0 Å². The highest BCUT2D eigenvalue weighted by molar-refractivity contribution is 5.95. The van der Waals surface area contributed by atoms with E-state index >= 15 is 0 Å². The summed E-state index contributed by atoms with van der Waals surface area (Å²) in [5.41, 5.74) is 3.88. The maximum Gasteiger partial charge on any atom is 0.255 e. The molecule has 5 nitrogen and oxygen atoms in total. The minimum Gasteiger partial charge on any atom is -0.378 e. The molecule has 2 heterocycles. The number of nitrogens with zero attached hydrogens (tertiary/aromatic N) is 3. The lowest BCUT2D eigenvalue weighted by molar-refractivity contribution is 0.0690. The lowest BCUT2D eigenvalue weighted by atomic mass is 9.96. The van der Waals surface area contributed by atoms with Crippen LogP contribution in [-0.2, 0) is 0 Å². The quantitative estimate of drug-likeness (QED) is 0.852. The number of hydrogen-bond donors (Lipinski definition) is 1. The lowest BCUT2D eigenvalue weighted by Crippen LogP contribution is -2.40. The van der Waals surface area contributed by atoms with Gasteiger partial charge in [-0.1, -0.05) is 19.1 Å². The predicted octanol–water partition coefficient (Wildman–Crippen LogP) is 3.28. The fourth-order valence-electron chi connectivity index (χ4n) is 3.54. The fraction of sp³-hybridized carbons (Fsp3) is 0.455. The number of aromatic nitrogens is 1. The molecule has 0 radical (unpaired) electrons. The van der Waals surface area contributed by atoms with Gasteiger partial charge in [0, 0.05) is 50.8 Å². The second kappa shape index (κ2) is 9.00. The van der Waals surface area contributed by atoms with Crippen LogP contribution in [0.1, 0.15) is 30.1 Å². The Kier molecular flexibility index (Phi) is 6.45. The van der Waals surface area contributed by atoms with Crippen LogP contribution in [0.5, 0.6) is 0 Å². The number of amides is 1. The maximum atomic E-state index is 12.9. The summed E-state index contributed by atoms with van der Waals surface area (Å²) < 4.78 is 0. The molecule has 1 aromatic carbocycles. The molecular weight excluding hydrogens is 336 g/mol. The highest BCUT2D eigenvalue weighted by Crippen LogP contribution is 2.24. The number of piperidine rings is 1. The molecule has 5 heteroatoms. The lowest BCUT2D eigenvalue weighted by Gasteiger charge is -2.32. The Bertz CT molecular complexity index is 749. The Morgan fingerprint density at radius 2 is 1.85 bits per heavy atom. The van der Waals surface area contributed by atoms with Crippen molar-refractivity contribution >= 4 is 11.6 Å². The number of anilines is 1. The maximum absolute atomic E-state index is 12.9. The fourth-order valence-corrected chi connectivity index (χ4v) is 3.54. The zero-order valence-electron chi connectivity index (χ0n) is 16.6. The Labute approximate surface area is 162 Å². The van der Waals surface area contributed by atoms with Crippen molar-refractivity contribution < 1.29 is 4.79 Å². The van der Waals surface area contributed by atoms with E-state index in [1.807, 2.05) is 31.3 Å². The highest BCUT2D eigenvalue weighted by atomic mass is 16.2. The van der Waals surface area contributed by atoms with Gasteiger partial charge >= 0.3 is 0 Å². The third-order valence-electron chi connectivity index (χ3n) is 5.29. The van der Waals surface area contributed by atoms with Crippen molar-refractivity contribution in [1.29, 1.82) is 0 Å². The van der Waals surface area contributed by atoms with E-state index in [1.54, 1.807) is 6.20 Å². The number of likely N-dealkylation sites (tertiary alicyclic amines) is 1. The van der Waals surface area contributed by atoms with E-state index in [0.29, 0.717) is 11.5 Å². The molecule has 1 fully saturated rings. The van der Waals surface area contributed by atoms with Gasteiger partial charge in [-0.15, -0.1) is 0 Å². The van der Waals surface area contributed by atoms with Crippen LogP contribution in [0, 0.1) is 5.92 Å². The molecule has 1 aromatic heterocycles. The predicted molar refractivity (Wildman–Crippen MR) is 111 cm³/mol. The van der Waals surface area contributed by atoms with E-state index in [4.69, 9.17) is 0 Å². The number of rotatable bonds is 6. The monoisotopic (exact) mass is 366 g/mol. The molecule has 27 heavy (non-hydrogen) atoms.